The van der Waals surface area contributed by atoms with Crippen molar-refractivity contribution in [1.82, 2.24) is 5.32 Å². The molecule has 2 unspecified atom stereocenters. The molecule has 0 bridgehead atoms. The van der Waals surface area contributed by atoms with Crippen LogP contribution in [0.2, 0.25) is 0 Å². The van der Waals surface area contributed by atoms with Gasteiger partial charge in [0.1, 0.15) is 0 Å². The van der Waals surface area contributed by atoms with Crippen molar-refractivity contribution in [3.05, 3.63) is 22.4 Å². The van der Waals surface area contributed by atoms with E-state index in [-0.39, 0.29) is 0 Å². The van der Waals surface area contributed by atoms with Crippen LogP contribution in [0.15, 0.2) is 17.5 Å². The molecule has 1 N–H and O–H groups in total. The fraction of sp³-hybridized carbons (Fsp3) is 0.692. The zero-order valence-electron chi connectivity index (χ0n) is 9.92. The van der Waals surface area contributed by atoms with Crippen LogP contribution < -0.4 is 5.32 Å². The third-order valence-electron chi connectivity index (χ3n) is 3.56. The molecule has 15 heavy (non-hydrogen) atoms. The molecule has 84 valence electrons. The summed E-state index contributed by atoms with van der Waals surface area (Å²) in [5.41, 5.74) is 0.479. The second-order valence-electron chi connectivity index (χ2n) is 4.98. The van der Waals surface area contributed by atoms with Gasteiger partial charge >= 0.3 is 0 Å². The van der Waals surface area contributed by atoms with E-state index in [1.807, 2.05) is 11.3 Å². The second kappa shape index (κ2) is 4.26. The Kier molecular flexibility index (Phi) is 3.17. The first-order valence-electron chi connectivity index (χ1n) is 5.96. The maximum absolute atomic E-state index is 3.61. The van der Waals surface area contributed by atoms with Gasteiger partial charge in [-0.25, -0.2) is 0 Å². The van der Waals surface area contributed by atoms with Crippen molar-refractivity contribution in [3.63, 3.8) is 0 Å². The SMILES string of the molecule is CCC1CC1(CNC(C)C)c1cccs1. The van der Waals surface area contributed by atoms with Crippen LogP contribution >= 0.6 is 11.3 Å². The van der Waals surface area contributed by atoms with Crippen LogP contribution in [-0.2, 0) is 5.41 Å². The lowest BCUT2D eigenvalue weighted by atomic mass is 10.00. The minimum absolute atomic E-state index is 0.479. The lowest BCUT2D eigenvalue weighted by molar-refractivity contribution is 0.492. The molecule has 0 spiro atoms. The summed E-state index contributed by atoms with van der Waals surface area (Å²) in [6, 6.07) is 5.09. The third-order valence-corrected chi connectivity index (χ3v) is 4.65. The molecule has 2 rings (SSSR count). The molecule has 1 fully saturated rings. The smallest absolute Gasteiger partial charge is 0.0203 e. The van der Waals surface area contributed by atoms with Crippen LogP contribution in [0.3, 0.4) is 0 Å². The fourth-order valence-electron chi connectivity index (χ4n) is 2.47. The van der Waals surface area contributed by atoms with Crippen molar-refractivity contribution >= 4 is 11.3 Å². The molecule has 0 aromatic carbocycles. The third kappa shape index (κ3) is 2.11. The van der Waals surface area contributed by atoms with Crippen LogP contribution in [0.25, 0.3) is 0 Å². The Morgan fingerprint density at radius 3 is 2.87 bits per heavy atom. The standard InChI is InChI=1S/C13H21NS/c1-4-11-8-13(11,9-14-10(2)3)12-6-5-7-15-12/h5-7,10-11,14H,4,8-9H2,1-3H3. The van der Waals surface area contributed by atoms with Crippen LogP contribution in [-0.4, -0.2) is 12.6 Å². The van der Waals surface area contributed by atoms with Crippen LogP contribution in [0.5, 0.6) is 0 Å². The second-order valence-corrected chi connectivity index (χ2v) is 5.93. The minimum atomic E-state index is 0.479. The Hall–Kier alpha value is -0.340. The molecule has 2 atom stereocenters. The molecule has 0 aliphatic heterocycles. The van der Waals surface area contributed by atoms with Gasteiger partial charge in [0.05, 0.1) is 0 Å². The van der Waals surface area contributed by atoms with E-state index in [0.29, 0.717) is 11.5 Å². The molecule has 0 radical (unpaired) electrons. The molecule has 0 amide bonds. The van der Waals surface area contributed by atoms with E-state index in [0.717, 1.165) is 12.5 Å². The lowest BCUT2D eigenvalue weighted by Gasteiger charge is -2.18. The molecular formula is C13H21NS. The summed E-state index contributed by atoms with van der Waals surface area (Å²) in [5.74, 6) is 0.905. The summed E-state index contributed by atoms with van der Waals surface area (Å²) < 4.78 is 0. The maximum atomic E-state index is 3.61. The quantitative estimate of drug-likeness (QED) is 0.806. The van der Waals surface area contributed by atoms with Gasteiger partial charge in [0.15, 0.2) is 0 Å². The van der Waals surface area contributed by atoms with Gasteiger partial charge in [0.2, 0.25) is 0 Å². The first kappa shape index (κ1) is 11.2. The van der Waals surface area contributed by atoms with E-state index in [9.17, 15) is 0 Å². The predicted molar refractivity (Wildman–Crippen MR) is 67.5 cm³/mol. The molecular weight excluding hydrogens is 202 g/mol. The summed E-state index contributed by atoms with van der Waals surface area (Å²) in [6.45, 7) is 7.93. The highest BCUT2D eigenvalue weighted by Crippen LogP contribution is 2.56. The van der Waals surface area contributed by atoms with E-state index < -0.39 is 0 Å². The average molecular weight is 223 g/mol. The zero-order valence-corrected chi connectivity index (χ0v) is 10.7. The first-order valence-corrected chi connectivity index (χ1v) is 6.84. The summed E-state index contributed by atoms with van der Waals surface area (Å²) in [5, 5.41) is 5.81. The highest BCUT2D eigenvalue weighted by Gasteiger charge is 2.54. The molecule has 1 aliphatic carbocycles. The van der Waals surface area contributed by atoms with E-state index in [2.05, 4.69) is 43.6 Å². The van der Waals surface area contributed by atoms with Crippen LogP contribution in [0.4, 0.5) is 0 Å². The number of thiophene rings is 1. The first-order chi connectivity index (χ1) is 7.19. The topological polar surface area (TPSA) is 12.0 Å². The summed E-state index contributed by atoms with van der Waals surface area (Å²) in [6.07, 6.45) is 2.70. The van der Waals surface area contributed by atoms with Crippen molar-refractivity contribution in [1.29, 1.82) is 0 Å². The Labute approximate surface area is 96.9 Å². The largest absolute Gasteiger partial charge is 0.314 e. The molecule has 0 saturated heterocycles. The zero-order chi connectivity index (χ0) is 10.9. The molecule has 1 saturated carbocycles. The molecule has 1 nitrogen and oxygen atoms in total. The van der Waals surface area contributed by atoms with Gasteiger partial charge in [-0.15, -0.1) is 11.3 Å². The summed E-state index contributed by atoms with van der Waals surface area (Å²) in [7, 11) is 0. The summed E-state index contributed by atoms with van der Waals surface area (Å²) in [4.78, 5) is 1.59. The van der Waals surface area contributed by atoms with Crippen molar-refractivity contribution < 1.29 is 0 Å². The predicted octanol–water partition coefficient (Wildman–Crippen LogP) is 3.41. The van der Waals surface area contributed by atoms with Gasteiger partial charge < -0.3 is 5.32 Å². The van der Waals surface area contributed by atoms with E-state index in [4.69, 9.17) is 0 Å². The molecule has 1 heterocycles. The Bertz CT molecular complexity index is 304. The monoisotopic (exact) mass is 223 g/mol. The van der Waals surface area contributed by atoms with Gasteiger partial charge in [-0.1, -0.05) is 33.3 Å². The average Bonchev–Trinajstić information content (AvgIpc) is 2.67. The summed E-state index contributed by atoms with van der Waals surface area (Å²) >= 11 is 1.92. The van der Waals surface area contributed by atoms with E-state index in [1.54, 1.807) is 4.88 Å². The van der Waals surface area contributed by atoms with Gasteiger partial charge in [-0.3, -0.25) is 0 Å². The number of nitrogens with one attached hydrogen (secondary N) is 1. The van der Waals surface area contributed by atoms with E-state index >= 15 is 0 Å². The molecule has 1 aromatic rings. The number of hydrogen-bond acceptors (Lipinski definition) is 2. The fourth-order valence-corrected chi connectivity index (χ4v) is 3.49. The van der Waals surface area contributed by atoms with Crippen LogP contribution in [0, 0.1) is 5.92 Å². The van der Waals surface area contributed by atoms with E-state index in [1.165, 1.54) is 12.8 Å². The molecule has 2 heteroatoms. The number of rotatable bonds is 5. The Balaban J connectivity index is 2.07. The minimum Gasteiger partial charge on any atom is -0.314 e. The van der Waals surface area contributed by atoms with Crippen molar-refractivity contribution in [2.45, 2.75) is 45.1 Å². The molecule has 1 aliphatic rings. The van der Waals surface area contributed by atoms with Gasteiger partial charge in [0.25, 0.3) is 0 Å². The van der Waals surface area contributed by atoms with Gasteiger partial charge in [-0.05, 0) is 23.8 Å². The van der Waals surface area contributed by atoms with Crippen LogP contribution in [0.1, 0.15) is 38.5 Å². The van der Waals surface area contributed by atoms with Crippen molar-refractivity contribution in [2.24, 2.45) is 5.92 Å². The molecule has 1 aromatic heterocycles. The van der Waals surface area contributed by atoms with Gasteiger partial charge in [0, 0.05) is 22.9 Å². The van der Waals surface area contributed by atoms with Crippen molar-refractivity contribution in [2.75, 3.05) is 6.54 Å². The lowest BCUT2D eigenvalue weighted by Crippen LogP contribution is -2.32. The highest BCUT2D eigenvalue weighted by atomic mass is 32.1. The normalized spacial score (nSPS) is 29.7. The highest BCUT2D eigenvalue weighted by molar-refractivity contribution is 7.10. The Morgan fingerprint density at radius 1 is 1.60 bits per heavy atom. The van der Waals surface area contributed by atoms with Crippen molar-refractivity contribution in [3.8, 4) is 0 Å². The number of hydrogen-bond donors (Lipinski definition) is 1. The maximum Gasteiger partial charge on any atom is 0.0203 e. The Morgan fingerprint density at radius 2 is 2.40 bits per heavy atom. The van der Waals surface area contributed by atoms with Gasteiger partial charge in [-0.2, -0.15) is 0 Å².